The van der Waals surface area contributed by atoms with E-state index in [9.17, 15) is 13.2 Å². The molecule has 0 N–H and O–H groups in total. The Hall–Kier alpha value is -2.23. The molecule has 156 valence electrons. The summed E-state index contributed by atoms with van der Waals surface area (Å²) in [5.74, 6) is 1.04. The number of fused-ring (bicyclic) bond motifs is 2. The highest BCUT2D eigenvalue weighted by atomic mass is 35.5. The molecule has 5 rings (SSSR count). The predicted molar refractivity (Wildman–Crippen MR) is 116 cm³/mol. The van der Waals surface area contributed by atoms with E-state index in [1.165, 1.54) is 11.8 Å². The third-order valence-corrected chi connectivity index (χ3v) is 8.65. The Kier molecular flexibility index (Phi) is 4.91. The van der Waals surface area contributed by atoms with Crippen molar-refractivity contribution in [1.29, 1.82) is 0 Å². The number of hydrogen-bond donors (Lipinski definition) is 0. The van der Waals surface area contributed by atoms with E-state index in [0.29, 0.717) is 21.7 Å². The SMILES string of the molecule is O=C(Cc1ccc(Cl)cc1)N=C1S[C@@H]2CS(=O)(=O)C[C@H]2N1c1ccc2c(c1)OCO2. The molecular formula is C20H17ClN2O5S2. The first-order valence-electron chi connectivity index (χ1n) is 9.30. The average Bonchev–Trinajstić information content (AvgIpc) is 3.34. The quantitative estimate of drug-likeness (QED) is 0.690. The van der Waals surface area contributed by atoms with Crippen molar-refractivity contribution in [3.05, 3.63) is 53.1 Å². The van der Waals surface area contributed by atoms with Crippen LogP contribution in [0.3, 0.4) is 0 Å². The van der Waals surface area contributed by atoms with Gasteiger partial charge in [-0.2, -0.15) is 4.99 Å². The minimum Gasteiger partial charge on any atom is -0.454 e. The summed E-state index contributed by atoms with van der Waals surface area (Å²) in [4.78, 5) is 18.8. The summed E-state index contributed by atoms with van der Waals surface area (Å²) in [6, 6.07) is 12.2. The van der Waals surface area contributed by atoms with Crippen molar-refractivity contribution < 1.29 is 22.7 Å². The van der Waals surface area contributed by atoms with Crippen LogP contribution in [0.1, 0.15) is 5.56 Å². The van der Waals surface area contributed by atoms with Crippen LogP contribution < -0.4 is 14.4 Å². The average molecular weight is 465 g/mol. The van der Waals surface area contributed by atoms with Crippen LogP contribution in [0, 0.1) is 0 Å². The van der Waals surface area contributed by atoms with E-state index in [1.807, 2.05) is 11.0 Å². The number of anilines is 1. The molecule has 7 nitrogen and oxygen atoms in total. The molecule has 0 unspecified atom stereocenters. The Balaban J connectivity index is 1.46. The number of thioether (sulfide) groups is 1. The minimum absolute atomic E-state index is 0.0313. The van der Waals surface area contributed by atoms with E-state index in [1.54, 1.807) is 36.4 Å². The van der Waals surface area contributed by atoms with Crippen LogP contribution in [0.15, 0.2) is 47.5 Å². The first kappa shape index (κ1) is 19.7. The first-order valence-corrected chi connectivity index (χ1v) is 12.4. The molecule has 3 aliphatic rings. The molecule has 10 heteroatoms. The molecule has 3 aliphatic heterocycles. The Bertz CT molecular complexity index is 1150. The lowest BCUT2D eigenvalue weighted by atomic mass is 10.1. The van der Waals surface area contributed by atoms with Crippen LogP contribution in [-0.2, 0) is 21.1 Å². The van der Waals surface area contributed by atoms with Gasteiger partial charge in [-0.1, -0.05) is 35.5 Å². The highest BCUT2D eigenvalue weighted by Crippen LogP contribution is 2.43. The van der Waals surface area contributed by atoms with Gasteiger partial charge in [-0.05, 0) is 29.8 Å². The van der Waals surface area contributed by atoms with E-state index < -0.39 is 9.84 Å². The Morgan fingerprint density at radius 3 is 2.70 bits per heavy atom. The van der Waals surface area contributed by atoms with Gasteiger partial charge in [0.15, 0.2) is 26.5 Å². The number of aliphatic imine (C=N–C) groups is 1. The van der Waals surface area contributed by atoms with Gasteiger partial charge in [0.1, 0.15) is 0 Å². The van der Waals surface area contributed by atoms with Crippen LogP contribution >= 0.6 is 23.4 Å². The summed E-state index contributed by atoms with van der Waals surface area (Å²) >= 11 is 7.24. The van der Waals surface area contributed by atoms with Gasteiger partial charge in [0.2, 0.25) is 6.79 Å². The smallest absolute Gasteiger partial charge is 0.252 e. The van der Waals surface area contributed by atoms with Crippen LogP contribution in [0.2, 0.25) is 5.02 Å². The topological polar surface area (TPSA) is 85.3 Å². The van der Waals surface area contributed by atoms with Crippen molar-refractivity contribution in [2.45, 2.75) is 17.7 Å². The third-order valence-electron chi connectivity index (χ3n) is 5.19. The van der Waals surface area contributed by atoms with Crippen molar-refractivity contribution in [2.75, 3.05) is 23.2 Å². The van der Waals surface area contributed by atoms with E-state index in [2.05, 4.69) is 4.99 Å². The summed E-state index contributed by atoms with van der Waals surface area (Å²) in [7, 11) is -3.13. The molecule has 0 saturated carbocycles. The van der Waals surface area contributed by atoms with Gasteiger partial charge in [0.05, 0.1) is 24.0 Å². The second kappa shape index (κ2) is 7.47. The fourth-order valence-electron chi connectivity index (χ4n) is 3.82. The lowest BCUT2D eigenvalue weighted by molar-refractivity contribution is -0.117. The van der Waals surface area contributed by atoms with E-state index in [0.717, 1.165) is 11.3 Å². The number of sulfone groups is 1. The van der Waals surface area contributed by atoms with E-state index >= 15 is 0 Å². The lowest BCUT2D eigenvalue weighted by Gasteiger charge is -2.24. The van der Waals surface area contributed by atoms with Gasteiger partial charge in [0, 0.05) is 22.0 Å². The zero-order valence-corrected chi connectivity index (χ0v) is 18.0. The number of ether oxygens (including phenoxy) is 2. The number of carbonyl (C=O) groups is 1. The number of halogens is 1. The molecule has 0 aliphatic carbocycles. The number of rotatable bonds is 3. The number of amides is 1. The number of carbonyl (C=O) groups excluding carboxylic acids is 1. The maximum atomic E-state index is 12.6. The fourth-order valence-corrected chi connectivity index (χ4v) is 7.88. The number of nitrogens with zero attached hydrogens (tertiary/aromatic N) is 2. The standard InChI is InChI=1S/C20H17ClN2O5S2/c21-13-3-1-12(2-4-13)7-19(24)22-20-23(15-9-30(25,26)10-18(15)29-20)14-5-6-16-17(8-14)28-11-27-16/h1-6,8,15,18H,7,9-11H2/t15-,18-/m1/s1. The van der Waals surface area contributed by atoms with Crippen LogP contribution in [0.4, 0.5) is 5.69 Å². The Morgan fingerprint density at radius 2 is 1.90 bits per heavy atom. The van der Waals surface area contributed by atoms with Gasteiger partial charge >= 0.3 is 0 Å². The molecule has 30 heavy (non-hydrogen) atoms. The van der Waals surface area contributed by atoms with Gasteiger partial charge < -0.3 is 14.4 Å². The monoisotopic (exact) mass is 464 g/mol. The third kappa shape index (κ3) is 3.77. The predicted octanol–water partition coefficient (Wildman–Crippen LogP) is 2.91. The summed E-state index contributed by atoms with van der Waals surface area (Å²) in [6.45, 7) is 0.147. The van der Waals surface area contributed by atoms with E-state index in [4.69, 9.17) is 21.1 Å². The Labute approximate surface area is 182 Å². The molecule has 2 fully saturated rings. The van der Waals surface area contributed by atoms with Crippen molar-refractivity contribution in [1.82, 2.24) is 0 Å². The molecular weight excluding hydrogens is 448 g/mol. The maximum absolute atomic E-state index is 12.6. The van der Waals surface area contributed by atoms with Crippen LogP contribution in [-0.4, -0.2) is 49.1 Å². The Morgan fingerprint density at radius 1 is 1.13 bits per heavy atom. The lowest BCUT2D eigenvalue weighted by Crippen LogP contribution is -2.37. The fraction of sp³-hybridized carbons (Fsp3) is 0.300. The zero-order chi connectivity index (χ0) is 20.9. The molecule has 2 saturated heterocycles. The minimum atomic E-state index is -3.13. The summed E-state index contributed by atoms with van der Waals surface area (Å²) in [6.07, 6.45) is 0.143. The molecule has 0 aromatic heterocycles. The maximum Gasteiger partial charge on any atom is 0.252 e. The van der Waals surface area contributed by atoms with Crippen molar-refractivity contribution >= 4 is 50.0 Å². The van der Waals surface area contributed by atoms with Gasteiger partial charge in [0.25, 0.3) is 5.91 Å². The zero-order valence-electron chi connectivity index (χ0n) is 15.7. The normalized spacial score (nSPS) is 25.0. The molecule has 0 bridgehead atoms. The molecule has 0 radical (unpaired) electrons. The summed E-state index contributed by atoms with van der Waals surface area (Å²) in [5.41, 5.74) is 1.54. The second-order valence-corrected chi connectivity index (χ2v) is 11.1. The molecule has 2 aromatic carbocycles. The summed E-state index contributed by atoms with van der Waals surface area (Å²) in [5, 5.41) is 0.951. The highest BCUT2D eigenvalue weighted by Gasteiger charge is 2.49. The van der Waals surface area contributed by atoms with Gasteiger partial charge in [-0.3, -0.25) is 4.79 Å². The van der Waals surface area contributed by atoms with Gasteiger partial charge in [-0.15, -0.1) is 0 Å². The van der Waals surface area contributed by atoms with Crippen molar-refractivity contribution in [3.63, 3.8) is 0 Å². The first-order chi connectivity index (χ1) is 14.4. The number of amidine groups is 1. The largest absolute Gasteiger partial charge is 0.454 e. The van der Waals surface area contributed by atoms with Crippen molar-refractivity contribution in [2.24, 2.45) is 4.99 Å². The molecule has 3 heterocycles. The summed E-state index contributed by atoms with van der Waals surface area (Å²) < 4.78 is 35.2. The molecule has 2 atom stereocenters. The molecule has 2 aromatic rings. The molecule has 1 amide bonds. The number of hydrogen-bond acceptors (Lipinski definition) is 6. The van der Waals surface area contributed by atoms with Crippen LogP contribution in [0.25, 0.3) is 0 Å². The van der Waals surface area contributed by atoms with E-state index in [-0.39, 0.29) is 41.9 Å². The highest BCUT2D eigenvalue weighted by molar-refractivity contribution is 8.16. The number of benzene rings is 2. The molecule has 0 spiro atoms. The van der Waals surface area contributed by atoms with Crippen LogP contribution in [0.5, 0.6) is 11.5 Å². The second-order valence-electron chi connectivity index (χ2n) is 7.30. The van der Waals surface area contributed by atoms with Gasteiger partial charge in [-0.25, -0.2) is 8.42 Å². The van der Waals surface area contributed by atoms with Crippen molar-refractivity contribution in [3.8, 4) is 11.5 Å².